The number of rotatable bonds is 8. The van der Waals surface area contributed by atoms with Gasteiger partial charge in [0.2, 0.25) is 0 Å². The standard InChI is InChI=1S/C23H24FNO4/c1-3-4-17-13-22(26)29-21-14-19(9-10-20(17)21)28-15(2)23(27)25-12-11-16-5-7-18(24)8-6-16/h5-10,13-15H,3-4,11-12H2,1-2H3,(H,25,27). The highest BCUT2D eigenvalue weighted by atomic mass is 19.1. The largest absolute Gasteiger partial charge is 0.481 e. The molecule has 1 aromatic heterocycles. The minimum Gasteiger partial charge on any atom is -0.481 e. The van der Waals surface area contributed by atoms with Crippen molar-refractivity contribution in [3.8, 4) is 5.75 Å². The van der Waals surface area contributed by atoms with Gasteiger partial charge in [-0.3, -0.25) is 4.79 Å². The van der Waals surface area contributed by atoms with E-state index >= 15 is 0 Å². The molecule has 5 nitrogen and oxygen atoms in total. The Labute approximate surface area is 168 Å². The average molecular weight is 397 g/mol. The molecule has 1 amide bonds. The third-order valence-corrected chi connectivity index (χ3v) is 4.63. The lowest BCUT2D eigenvalue weighted by molar-refractivity contribution is -0.127. The molecule has 0 bridgehead atoms. The quantitative estimate of drug-likeness (QED) is 0.583. The Bertz CT molecular complexity index is 1040. The Morgan fingerprint density at radius 3 is 2.62 bits per heavy atom. The highest BCUT2D eigenvalue weighted by molar-refractivity contribution is 5.83. The summed E-state index contributed by atoms with van der Waals surface area (Å²) in [6, 6.07) is 12.9. The van der Waals surface area contributed by atoms with Crippen molar-refractivity contribution in [1.29, 1.82) is 0 Å². The number of halogens is 1. The molecule has 1 atom stereocenters. The Morgan fingerprint density at radius 1 is 1.14 bits per heavy atom. The number of carbonyl (C=O) groups excluding carboxylic acids is 1. The number of hydrogen-bond donors (Lipinski definition) is 1. The predicted octanol–water partition coefficient (Wildman–Crippen LogP) is 4.01. The van der Waals surface area contributed by atoms with Gasteiger partial charge in [0.25, 0.3) is 5.91 Å². The summed E-state index contributed by atoms with van der Waals surface area (Å²) in [4.78, 5) is 24.1. The lowest BCUT2D eigenvalue weighted by atomic mass is 10.1. The van der Waals surface area contributed by atoms with Crippen molar-refractivity contribution in [1.82, 2.24) is 5.32 Å². The van der Waals surface area contributed by atoms with E-state index in [-0.39, 0.29) is 11.7 Å². The van der Waals surface area contributed by atoms with Crippen LogP contribution in [0.3, 0.4) is 0 Å². The number of carbonyl (C=O) groups is 1. The summed E-state index contributed by atoms with van der Waals surface area (Å²) >= 11 is 0. The van der Waals surface area contributed by atoms with Crippen LogP contribution in [-0.4, -0.2) is 18.6 Å². The van der Waals surface area contributed by atoms with E-state index in [1.807, 2.05) is 13.0 Å². The van der Waals surface area contributed by atoms with Gasteiger partial charge in [-0.2, -0.15) is 0 Å². The van der Waals surface area contributed by atoms with Gasteiger partial charge in [-0.05, 0) is 55.2 Å². The zero-order chi connectivity index (χ0) is 20.8. The molecule has 0 saturated heterocycles. The van der Waals surface area contributed by atoms with Gasteiger partial charge in [0.05, 0.1) is 0 Å². The summed E-state index contributed by atoms with van der Waals surface area (Å²) in [5.74, 6) is -0.0864. The molecule has 0 fully saturated rings. The molecule has 3 rings (SSSR count). The lowest BCUT2D eigenvalue weighted by Crippen LogP contribution is -2.37. The molecular weight excluding hydrogens is 373 g/mol. The molecule has 0 aliphatic carbocycles. The van der Waals surface area contributed by atoms with Crippen molar-refractivity contribution in [3.63, 3.8) is 0 Å². The van der Waals surface area contributed by atoms with Crippen molar-refractivity contribution < 1.29 is 18.3 Å². The van der Waals surface area contributed by atoms with E-state index in [0.717, 1.165) is 29.4 Å². The summed E-state index contributed by atoms with van der Waals surface area (Å²) in [6.45, 7) is 4.13. The molecule has 152 valence electrons. The van der Waals surface area contributed by atoms with Gasteiger partial charge in [-0.15, -0.1) is 0 Å². The minimum absolute atomic E-state index is 0.256. The fourth-order valence-corrected chi connectivity index (χ4v) is 3.14. The van der Waals surface area contributed by atoms with Crippen LogP contribution in [0.1, 0.15) is 31.4 Å². The van der Waals surface area contributed by atoms with Crippen LogP contribution in [-0.2, 0) is 17.6 Å². The molecule has 29 heavy (non-hydrogen) atoms. The molecule has 0 aliphatic heterocycles. The van der Waals surface area contributed by atoms with Crippen LogP contribution >= 0.6 is 0 Å². The number of aryl methyl sites for hydroxylation is 1. The molecule has 2 aromatic carbocycles. The number of ether oxygens (including phenoxy) is 1. The van der Waals surface area contributed by atoms with E-state index in [1.54, 1.807) is 31.2 Å². The zero-order valence-electron chi connectivity index (χ0n) is 16.5. The van der Waals surface area contributed by atoms with E-state index in [0.29, 0.717) is 24.3 Å². The number of fused-ring (bicyclic) bond motifs is 1. The van der Waals surface area contributed by atoms with Gasteiger partial charge < -0.3 is 14.5 Å². The van der Waals surface area contributed by atoms with E-state index < -0.39 is 11.7 Å². The first-order valence-corrected chi connectivity index (χ1v) is 9.72. The number of benzene rings is 2. The van der Waals surface area contributed by atoms with Gasteiger partial charge in [0, 0.05) is 24.1 Å². The van der Waals surface area contributed by atoms with Crippen LogP contribution in [0, 0.1) is 5.82 Å². The highest BCUT2D eigenvalue weighted by Crippen LogP contribution is 2.24. The van der Waals surface area contributed by atoms with E-state index in [2.05, 4.69) is 5.32 Å². The summed E-state index contributed by atoms with van der Waals surface area (Å²) < 4.78 is 23.9. The maximum atomic E-state index is 12.9. The smallest absolute Gasteiger partial charge is 0.336 e. The van der Waals surface area contributed by atoms with Gasteiger partial charge in [0.1, 0.15) is 17.1 Å². The molecule has 0 radical (unpaired) electrons. The Balaban J connectivity index is 1.61. The van der Waals surface area contributed by atoms with Crippen LogP contribution in [0.2, 0.25) is 0 Å². The second-order valence-corrected chi connectivity index (χ2v) is 6.93. The van der Waals surface area contributed by atoms with E-state index in [4.69, 9.17) is 9.15 Å². The lowest BCUT2D eigenvalue weighted by Gasteiger charge is -2.15. The molecule has 1 unspecified atom stereocenters. The zero-order valence-corrected chi connectivity index (χ0v) is 16.5. The second kappa shape index (κ2) is 9.37. The molecule has 0 saturated carbocycles. The molecule has 0 aliphatic rings. The van der Waals surface area contributed by atoms with Gasteiger partial charge in [0.15, 0.2) is 6.10 Å². The average Bonchev–Trinajstić information content (AvgIpc) is 2.69. The third-order valence-electron chi connectivity index (χ3n) is 4.63. The minimum atomic E-state index is -0.716. The summed E-state index contributed by atoms with van der Waals surface area (Å²) in [5.41, 5.74) is 1.93. The van der Waals surface area contributed by atoms with Crippen molar-refractivity contribution in [3.05, 3.63) is 75.9 Å². The van der Waals surface area contributed by atoms with E-state index in [9.17, 15) is 14.0 Å². The van der Waals surface area contributed by atoms with Gasteiger partial charge >= 0.3 is 5.63 Å². The normalized spacial score (nSPS) is 12.0. The highest BCUT2D eigenvalue weighted by Gasteiger charge is 2.15. The van der Waals surface area contributed by atoms with Crippen LogP contribution in [0.5, 0.6) is 5.75 Å². The molecule has 3 aromatic rings. The summed E-state index contributed by atoms with van der Waals surface area (Å²) in [6.07, 6.45) is 1.59. The van der Waals surface area contributed by atoms with Crippen LogP contribution in [0.15, 0.2) is 57.7 Å². The van der Waals surface area contributed by atoms with Gasteiger partial charge in [-0.25, -0.2) is 9.18 Å². The van der Waals surface area contributed by atoms with Crippen LogP contribution in [0.25, 0.3) is 11.0 Å². The van der Waals surface area contributed by atoms with Crippen molar-refractivity contribution in [2.24, 2.45) is 0 Å². The first kappa shape index (κ1) is 20.6. The topological polar surface area (TPSA) is 68.5 Å². The number of amides is 1. The predicted molar refractivity (Wildman–Crippen MR) is 110 cm³/mol. The van der Waals surface area contributed by atoms with Gasteiger partial charge in [-0.1, -0.05) is 25.5 Å². The third kappa shape index (κ3) is 5.44. The SMILES string of the molecule is CCCc1cc(=O)oc2cc(OC(C)C(=O)NCCc3ccc(F)cc3)ccc12. The fourth-order valence-electron chi connectivity index (χ4n) is 3.14. The molecule has 0 spiro atoms. The van der Waals surface area contributed by atoms with E-state index in [1.165, 1.54) is 18.2 Å². The first-order chi connectivity index (χ1) is 14.0. The number of nitrogens with one attached hydrogen (secondary N) is 1. The molecule has 1 N–H and O–H groups in total. The Kier molecular flexibility index (Phi) is 6.65. The number of hydrogen-bond acceptors (Lipinski definition) is 4. The fraction of sp³-hybridized carbons (Fsp3) is 0.304. The maximum absolute atomic E-state index is 12.9. The maximum Gasteiger partial charge on any atom is 0.336 e. The molecule has 6 heteroatoms. The Hall–Kier alpha value is -3.15. The first-order valence-electron chi connectivity index (χ1n) is 9.72. The Morgan fingerprint density at radius 2 is 1.90 bits per heavy atom. The van der Waals surface area contributed by atoms with Crippen LogP contribution < -0.4 is 15.7 Å². The molecular formula is C23H24FNO4. The summed E-state index contributed by atoms with van der Waals surface area (Å²) in [7, 11) is 0. The van der Waals surface area contributed by atoms with Crippen LogP contribution in [0.4, 0.5) is 4.39 Å². The monoisotopic (exact) mass is 397 g/mol. The van der Waals surface area contributed by atoms with Crippen molar-refractivity contribution in [2.75, 3.05) is 6.54 Å². The summed E-state index contributed by atoms with van der Waals surface area (Å²) in [5, 5.41) is 3.68. The molecule has 1 heterocycles. The van der Waals surface area contributed by atoms with Crippen molar-refractivity contribution >= 4 is 16.9 Å². The van der Waals surface area contributed by atoms with Crippen molar-refractivity contribution in [2.45, 2.75) is 39.2 Å². The second-order valence-electron chi connectivity index (χ2n) is 6.93.